The van der Waals surface area contributed by atoms with Crippen molar-refractivity contribution >= 4 is 11.8 Å². The quantitative estimate of drug-likeness (QED) is 0.796. The first-order valence-corrected chi connectivity index (χ1v) is 10.7. The van der Waals surface area contributed by atoms with Gasteiger partial charge in [-0.3, -0.25) is 0 Å². The zero-order valence-corrected chi connectivity index (χ0v) is 17.3. The molecule has 0 bridgehead atoms. The van der Waals surface area contributed by atoms with Crippen LogP contribution in [0.4, 0.5) is 11.8 Å². The minimum absolute atomic E-state index is 0.372. The van der Waals surface area contributed by atoms with Crippen LogP contribution < -0.4 is 10.2 Å². The van der Waals surface area contributed by atoms with Crippen LogP contribution in [0.5, 0.6) is 0 Å². The number of hydrogen-bond acceptors (Lipinski definition) is 5. The summed E-state index contributed by atoms with van der Waals surface area (Å²) in [4.78, 5) is 12.0. The van der Waals surface area contributed by atoms with E-state index in [9.17, 15) is 5.11 Å². The molecule has 28 heavy (non-hydrogen) atoms. The fraction of sp³-hybridized carbons (Fsp3) is 0.565. The average molecular weight is 381 g/mol. The van der Waals surface area contributed by atoms with Crippen LogP contribution in [-0.2, 0) is 13.0 Å². The Balaban J connectivity index is 1.58. The maximum atomic E-state index is 9.85. The van der Waals surface area contributed by atoms with Crippen molar-refractivity contribution in [1.82, 2.24) is 9.97 Å². The van der Waals surface area contributed by atoms with E-state index in [0.717, 1.165) is 42.5 Å². The molecule has 1 aromatic heterocycles. The molecule has 0 spiro atoms. The lowest BCUT2D eigenvalue weighted by Gasteiger charge is -2.31. The maximum Gasteiger partial charge on any atom is 0.225 e. The average Bonchev–Trinajstić information content (AvgIpc) is 3.19. The van der Waals surface area contributed by atoms with Crippen LogP contribution in [-0.4, -0.2) is 27.7 Å². The van der Waals surface area contributed by atoms with Crippen molar-refractivity contribution in [2.45, 2.75) is 77.5 Å². The third-order valence-electron chi connectivity index (χ3n) is 6.06. The van der Waals surface area contributed by atoms with E-state index in [2.05, 4.69) is 42.3 Å². The van der Waals surface area contributed by atoms with Crippen molar-refractivity contribution in [3.8, 4) is 0 Å². The van der Waals surface area contributed by atoms with E-state index in [1.165, 1.54) is 36.8 Å². The maximum absolute atomic E-state index is 9.85. The van der Waals surface area contributed by atoms with Gasteiger partial charge in [-0.2, -0.15) is 4.98 Å². The van der Waals surface area contributed by atoms with E-state index >= 15 is 0 Å². The van der Waals surface area contributed by atoms with Crippen LogP contribution in [0.25, 0.3) is 0 Å². The van der Waals surface area contributed by atoms with Crippen molar-refractivity contribution in [2.75, 3.05) is 16.8 Å². The highest BCUT2D eigenvalue weighted by atomic mass is 16.3. The first-order valence-electron chi connectivity index (χ1n) is 10.7. The lowest BCUT2D eigenvalue weighted by atomic mass is 9.95. The first kappa shape index (κ1) is 19.2. The number of aliphatic hydroxyl groups is 1. The Morgan fingerprint density at radius 1 is 1.07 bits per heavy atom. The molecule has 2 N–H and O–H groups in total. The van der Waals surface area contributed by atoms with Gasteiger partial charge in [-0.25, -0.2) is 4.98 Å². The van der Waals surface area contributed by atoms with Crippen LogP contribution in [0.1, 0.15) is 80.9 Å². The van der Waals surface area contributed by atoms with E-state index in [1.807, 2.05) is 13.0 Å². The SMILES string of the molecule is CC(C)c1cc(N2CCc3cc([C@@H](C)O)ccc3C2)nc(NC2CCCC2)n1. The summed E-state index contributed by atoms with van der Waals surface area (Å²) in [5, 5.41) is 13.4. The molecule has 1 aromatic carbocycles. The lowest BCUT2D eigenvalue weighted by molar-refractivity contribution is 0.199. The second kappa shape index (κ2) is 8.08. The summed E-state index contributed by atoms with van der Waals surface area (Å²) in [5.41, 5.74) is 4.77. The lowest BCUT2D eigenvalue weighted by Crippen LogP contribution is -2.31. The highest BCUT2D eigenvalue weighted by Gasteiger charge is 2.22. The molecule has 5 heteroatoms. The fourth-order valence-electron chi connectivity index (χ4n) is 4.26. The minimum atomic E-state index is -0.414. The largest absolute Gasteiger partial charge is 0.389 e. The Morgan fingerprint density at radius 2 is 1.86 bits per heavy atom. The number of aromatic nitrogens is 2. The molecule has 1 saturated carbocycles. The van der Waals surface area contributed by atoms with E-state index in [-0.39, 0.29) is 0 Å². The van der Waals surface area contributed by atoms with Crippen LogP contribution in [0.15, 0.2) is 24.3 Å². The van der Waals surface area contributed by atoms with E-state index in [4.69, 9.17) is 9.97 Å². The summed E-state index contributed by atoms with van der Waals surface area (Å²) in [5.74, 6) is 2.17. The molecule has 2 aromatic rings. The Hall–Kier alpha value is -2.14. The Labute approximate surface area is 168 Å². The van der Waals surface area contributed by atoms with Crippen molar-refractivity contribution in [3.63, 3.8) is 0 Å². The van der Waals surface area contributed by atoms with Gasteiger partial charge in [0.25, 0.3) is 0 Å². The summed E-state index contributed by atoms with van der Waals surface area (Å²) in [7, 11) is 0. The Morgan fingerprint density at radius 3 is 2.57 bits per heavy atom. The highest BCUT2D eigenvalue weighted by molar-refractivity contribution is 5.49. The number of benzene rings is 1. The summed E-state index contributed by atoms with van der Waals surface area (Å²) in [6, 6.07) is 9.02. The highest BCUT2D eigenvalue weighted by Crippen LogP contribution is 2.29. The zero-order chi connectivity index (χ0) is 19.7. The molecule has 2 heterocycles. The van der Waals surface area contributed by atoms with Crippen molar-refractivity contribution in [3.05, 3.63) is 46.6 Å². The number of nitrogens with zero attached hydrogens (tertiary/aromatic N) is 3. The number of fused-ring (bicyclic) bond motifs is 1. The molecule has 4 rings (SSSR count). The number of aliphatic hydroxyl groups excluding tert-OH is 1. The summed E-state index contributed by atoms with van der Waals surface area (Å²) < 4.78 is 0. The molecule has 0 amide bonds. The second-order valence-electron chi connectivity index (χ2n) is 8.63. The van der Waals surface area contributed by atoms with Crippen LogP contribution >= 0.6 is 0 Å². The molecule has 0 saturated heterocycles. The molecular weight excluding hydrogens is 348 g/mol. The van der Waals surface area contributed by atoms with Gasteiger partial charge in [-0.05, 0) is 48.8 Å². The van der Waals surface area contributed by atoms with Crippen molar-refractivity contribution in [2.24, 2.45) is 0 Å². The topological polar surface area (TPSA) is 61.3 Å². The molecule has 2 aliphatic rings. The molecule has 150 valence electrons. The van der Waals surface area contributed by atoms with Crippen molar-refractivity contribution < 1.29 is 5.11 Å². The van der Waals surface area contributed by atoms with Crippen LogP contribution in [0, 0.1) is 0 Å². The molecule has 0 unspecified atom stereocenters. The smallest absolute Gasteiger partial charge is 0.225 e. The van der Waals surface area contributed by atoms with E-state index in [1.54, 1.807) is 0 Å². The van der Waals surface area contributed by atoms with Gasteiger partial charge in [-0.1, -0.05) is 44.9 Å². The van der Waals surface area contributed by atoms with Crippen LogP contribution in [0.2, 0.25) is 0 Å². The van der Waals surface area contributed by atoms with Gasteiger partial charge < -0.3 is 15.3 Å². The Kier molecular flexibility index (Phi) is 5.54. The standard InChI is InChI=1S/C23H32N4O/c1-15(2)21-13-22(26-23(25-21)24-20-6-4-5-7-20)27-11-10-18-12-17(16(3)28)8-9-19(18)14-27/h8-9,12-13,15-16,20,28H,4-7,10-11,14H2,1-3H3,(H,24,25,26)/t16-/m1/s1. The van der Waals surface area contributed by atoms with Gasteiger partial charge in [0.05, 0.1) is 11.8 Å². The van der Waals surface area contributed by atoms with Gasteiger partial charge in [0.1, 0.15) is 5.82 Å². The monoisotopic (exact) mass is 380 g/mol. The normalized spacial score (nSPS) is 18.4. The zero-order valence-electron chi connectivity index (χ0n) is 17.3. The molecule has 5 nitrogen and oxygen atoms in total. The summed E-state index contributed by atoms with van der Waals surface area (Å²) in [6.45, 7) is 7.99. The number of anilines is 2. The fourth-order valence-corrected chi connectivity index (χ4v) is 4.26. The molecule has 1 fully saturated rings. The van der Waals surface area contributed by atoms with Gasteiger partial charge in [0.15, 0.2) is 0 Å². The molecule has 1 atom stereocenters. The van der Waals surface area contributed by atoms with Gasteiger partial charge in [-0.15, -0.1) is 0 Å². The van der Waals surface area contributed by atoms with Crippen LogP contribution in [0.3, 0.4) is 0 Å². The minimum Gasteiger partial charge on any atom is -0.389 e. The van der Waals surface area contributed by atoms with Crippen molar-refractivity contribution in [1.29, 1.82) is 0 Å². The number of hydrogen-bond donors (Lipinski definition) is 2. The first-order chi connectivity index (χ1) is 13.5. The third kappa shape index (κ3) is 4.14. The third-order valence-corrected chi connectivity index (χ3v) is 6.06. The molecule has 1 aliphatic heterocycles. The predicted octanol–water partition coefficient (Wildman–Crippen LogP) is 4.57. The summed E-state index contributed by atoms with van der Waals surface area (Å²) in [6.07, 6.45) is 5.59. The molecule has 1 aliphatic carbocycles. The summed E-state index contributed by atoms with van der Waals surface area (Å²) >= 11 is 0. The molecular formula is C23H32N4O. The van der Waals surface area contributed by atoms with Gasteiger partial charge in [0, 0.05) is 25.2 Å². The number of rotatable bonds is 5. The predicted molar refractivity (Wildman–Crippen MR) is 114 cm³/mol. The van der Waals surface area contributed by atoms with E-state index in [0.29, 0.717) is 12.0 Å². The Bertz CT molecular complexity index is 827. The number of nitrogens with one attached hydrogen (secondary N) is 1. The molecule has 0 radical (unpaired) electrons. The van der Waals surface area contributed by atoms with E-state index < -0.39 is 6.10 Å². The van der Waals surface area contributed by atoms with Gasteiger partial charge >= 0.3 is 0 Å². The second-order valence-corrected chi connectivity index (χ2v) is 8.63. The van der Waals surface area contributed by atoms with Gasteiger partial charge in [0.2, 0.25) is 5.95 Å².